The first-order valence-electron chi connectivity index (χ1n) is 6.00. The molecular formula is C14H8Cl2N2O2S. The molecule has 0 aliphatic heterocycles. The molecule has 0 aliphatic carbocycles. The molecule has 0 N–H and O–H groups in total. The lowest BCUT2D eigenvalue weighted by Gasteiger charge is -2.07. The van der Waals surface area contributed by atoms with Crippen molar-refractivity contribution in [2.75, 3.05) is 0 Å². The Bertz CT molecular complexity index is 950. The third kappa shape index (κ3) is 2.72. The van der Waals surface area contributed by atoms with Crippen LogP contribution in [-0.4, -0.2) is 9.55 Å². The van der Waals surface area contributed by atoms with E-state index in [1.54, 1.807) is 36.4 Å². The van der Waals surface area contributed by atoms with Crippen molar-refractivity contribution in [1.29, 1.82) is 0 Å². The quantitative estimate of drug-likeness (QED) is 0.674. The van der Waals surface area contributed by atoms with Gasteiger partial charge in [0.15, 0.2) is 0 Å². The Morgan fingerprint density at radius 3 is 2.67 bits per heavy atom. The first-order valence-corrected chi connectivity index (χ1v) is 7.57. The number of halogens is 2. The maximum absolute atomic E-state index is 12.4. The highest BCUT2D eigenvalue weighted by molar-refractivity contribution is 7.16. The summed E-state index contributed by atoms with van der Waals surface area (Å²) < 4.78 is 1.78. The molecule has 2 aromatic heterocycles. The topological polar surface area (TPSA) is 52.0 Å². The molecule has 1 aromatic carbocycles. The summed E-state index contributed by atoms with van der Waals surface area (Å²) in [4.78, 5) is 28.3. The van der Waals surface area contributed by atoms with Crippen LogP contribution >= 0.6 is 34.5 Å². The normalized spacial score (nSPS) is 11.0. The maximum atomic E-state index is 12.4. The highest BCUT2D eigenvalue weighted by Crippen LogP contribution is 2.18. The van der Waals surface area contributed by atoms with Crippen molar-refractivity contribution in [1.82, 2.24) is 9.55 Å². The van der Waals surface area contributed by atoms with Gasteiger partial charge in [0, 0.05) is 4.70 Å². The van der Waals surface area contributed by atoms with Gasteiger partial charge in [0.1, 0.15) is 5.15 Å². The second-order valence-electron chi connectivity index (χ2n) is 4.32. The zero-order valence-corrected chi connectivity index (χ0v) is 12.9. The zero-order valence-electron chi connectivity index (χ0n) is 10.5. The summed E-state index contributed by atoms with van der Waals surface area (Å²) in [6.45, 7) is -0.00159. The zero-order chi connectivity index (χ0) is 15.0. The van der Waals surface area contributed by atoms with Gasteiger partial charge in [-0.3, -0.25) is 14.2 Å². The van der Waals surface area contributed by atoms with Gasteiger partial charge in [-0.15, -0.1) is 0 Å². The lowest BCUT2D eigenvalue weighted by Crippen LogP contribution is -2.31. The van der Waals surface area contributed by atoms with E-state index in [-0.39, 0.29) is 22.1 Å². The van der Waals surface area contributed by atoms with Crippen LogP contribution in [0.4, 0.5) is 0 Å². The van der Waals surface area contributed by atoms with Gasteiger partial charge in [0.25, 0.3) is 5.56 Å². The van der Waals surface area contributed by atoms with E-state index >= 15 is 0 Å². The summed E-state index contributed by atoms with van der Waals surface area (Å²) in [6.07, 6.45) is 0. The van der Waals surface area contributed by atoms with Gasteiger partial charge in [-0.2, -0.15) is 0 Å². The molecule has 2 heterocycles. The number of aromatic nitrogens is 2. The molecule has 4 nitrogen and oxygen atoms in total. The van der Waals surface area contributed by atoms with Gasteiger partial charge < -0.3 is 0 Å². The first-order chi connectivity index (χ1) is 10.1. The van der Waals surface area contributed by atoms with Gasteiger partial charge in [0.05, 0.1) is 22.6 Å². The van der Waals surface area contributed by atoms with Crippen molar-refractivity contribution in [3.63, 3.8) is 0 Å². The van der Waals surface area contributed by atoms with Gasteiger partial charge >= 0.3 is 4.87 Å². The van der Waals surface area contributed by atoms with Crippen LogP contribution in [0, 0.1) is 0 Å². The Morgan fingerprint density at radius 1 is 1.10 bits per heavy atom. The van der Waals surface area contributed by atoms with Gasteiger partial charge in [-0.1, -0.05) is 46.7 Å². The summed E-state index contributed by atoms with van der Waals surface area (Å²) in [5.41, 5.74) is 0.0399. The number of hydrogen-bond acceptors (Lipinski definition) is 4. The first kappa shape index (κ1) is 14.3. The van der Waals surface area contributed by atoms with Crippen molar-refractivity contribution in [3.05, 3.63) is 72.3 Å². The molecule has 0 unspecified atom stereocenters. The smallest absolute Gasteiger partial charge is 0.269 e. The van der Waals surface area contributed by atoms with E-state index in [1.807, 2.05) is 0 Å². The minimum absolute atomic E-state index is 0.00159. The number of nitrogens with zero attached hydrogens (tertiary/aromatic N) is 2. The second-order valence-corrected chi connectivity index (χ2v) is 6.11. The number of fused-ring (bicyclic) bond motifs is 1. The number of hydrogen-bond donors (Lipinski definition) is 0. The van der Waals surface area contributed by atoms with E-state index in [2.05, 4.69) is 4.98 Å². The van der Waals surface area contributed by atoms with Crippen molar-refractivity contribution in [3.8, 4) is 0 Å². The average molecular weight is 339 g/mol. The van der Waals surface area contributed by atoms with Crippen LogP contribution in [0.3, 0.4) is 0 Å². The molecule has 0 radical (unpaired) electrons. The minimum Gasteiger partial charge on any atom is -0.269 e. The third-order valence-corrected chi connectivity index (χ3v) is 4.50. The van der Waals surface area contributed by atoms with Crippen LogP contribution in [0.5, 0.6) is 0 Å². The van der Waals surface area contributed by atoms with E-state index in [4.69, 9.17) is 23.2 Å². The average Bonchev–Trinajstić information content (AvgIpc) is 2.47. The van der Waals surface area contributed by atoms with Gasteiger partial charge in [0.2, 0.25) is 0 Å². The Hall–Kier alpha value is -1.69. The highest BCUT2D eigenvalue weighted by atomic mass is 35.5. The van der Waals surface area contributed by atoms with Crippen LogP contribution < -0.4 is 10.4 Å². The Balaban J connectivity index is 2.19. The van der Waals surface area contributed by atoms with Crippen molar-refractivity contribution in [2.45, 2.75) is 6.54 Å². The molecule has 106 valence electrons. The van der Waals surface area contributed by atoms with Crippen LogP contribution in [-0.2, 0) is 6.54 Å². The summed E-state index contributed by atoms with van der Waals surface area (Å²) in [5.74, 6) is 0. The van der Waals surface area contributed by atoms with Crippen LogP contribution in [0.1, 0.15) is 5.69 Å². The molecular weight excluding hydrogens is 331 g/mol. The molecule has 0 saturated heterocycles. The largest absolute Gasteiger partial charge is 0.310 e. The molecule has 0 aliphatic rings. The molecule has 3 rings (SSSR count). The Morgan fingerprint density at radius 2 is 1.86 bits per heavy atom. The van der Waals surface area contributed by atoms with Gasteiger partial charge in [-0.25, -0.2) is 4.98 Å². The molecule has 0 atom stereocenters. The molecule has 0 fully saturated rings. The minimum atomic E-state index is -0.354. The predicted octanol–water partition coefficient (Wildman–Crippen LogP) is 3.17. The fourth-order valence-corrected chi connectivity index (χ4v) is 3.15. The summed E-state index contributed by atoms with van der Waals surface area (Å²) in [7, 11) is 0. The van der Waals surface area contributed by atoms with Crippen molar-refractivity contribution >= 4 is 44.6 Å². The van der Waals surface area contributed by atoms with E-state index in [0.29, 0.717) is 20.8 Å². The van der Waals surface area contributed by atoms with E-state index < -0.39 is 0 Å². The molecule has 0 saturated carbocycles. The van der Waals surface area contributed by atoms with E-state index in [1.165, 1.54) is 0 Å². The monoisotopic (exact) mass is 338 g/mol. The molecule has 21 heavy (non-hydrogen) atoms. The van der Waals surface area contributed by atoms with E-state index in [9.17, 15) is 9.59 Å². The molecule has 0 amide bonds. The Kier molecular flexibility index (Phi) is 3.80. The van der Waals surface area contributed by atoms with E-state index in [0.717, 1.165) is 15.9 Å². The standard InChI is InChI=1S/C14H8Cl2N2O2S/c15-9-5-6-12(16)17-10(9)7-18-13(19)8-3-1-2-4-11(8)21-14(18)20/h1-6H,7H2. The SMILES string of the molecule is O=c1sc2ccccc2c(=O)n1Cc1nc(Cl)ccc1Cl. The number of benzene rings is 1. The van der Waals surface area contributed by atoms with Crippen molar-refractivity contribution in [2.24, 2.45) is 0 Å². The highest BCUT2D eigenvalue weighted by Gasteiger charge is 2.11. The molecule has 3 aromatic rings. The lowest BCUT2D eigenvalue weighted by atomic mass is 10.3. The maximum Gasteiger partial charge on any atom is 0.310 e. The predicted molar refractivity (Wildman–Crippen MR) is 85.7 cm³/mol. The summed E-state index contributed by atoms with van der Waals surface area (Å²) in [5, 5.41) is 1.13. The van der Waals surface area contributed by atoms with Crippen LogP contribution in [0.15, 0.2) is 46.0 Å². The van der Waals surface area contributed by atoms with Crippen molar-refractivity contribution < 1.29 is 0 Å². The van der Waals surface area contributed by atoms with Crippen LogP contribution in [0.25, 0.3) is 10.1 Å². The lowest BCUT2D eigenvalue weighted by molar-refractivity contribution is 0.733. The second kappa shape index (κ2) is 5.60. The molecule has 0 spiro atoms. The Labute approximate surface area is 133 Å². The molecule has 0 bridgehead atoms. The third-order valence-electron chi connectivity index (χ3n) is 2.97. The fourth-order valence-electron chi connectivity index (χ4n) is 1.96. The van der Waals surface area contributed by atoms with Crippen LogP contribution in [0.2, 0.25) is 10.2 Å². The summed E-state index contributed by atoms with van der Waals surface area (Å²) in [6, 6.07) is 10.1. The molecule has 7 heteroatoms. The number of pyridine rings is 1. The van der Waals surface area contributed by atoms with Gasteiger partial charge in [-0.05, 0) is 24.3 Å². The number of rotatable bonds is 2. The fraction of sp³-hybridized carbons (Fsp3) is 0.0714. The summed E-state index contributed by atoms with van der Waals surface area (Å²) >= 11 is 12.9.